The van der Waals surface area contributed by atoms with Gasteiger partial charge < -0.3 is 9.84 Å². The lowest BCUT2D eigenvalue weighted by Crippen LogP contribution is -1.98. The van der Waals surface area contributed by atoms with E-state index in [0.717, 1.165) is 22.0 Å². The predicted molar refractivity (Wildman–Crippen MR) is 63.5 cm³/mol. The van der Waals surface area contributed by atoms with Crippen LogP contribution < -0.4 is 4.74 Å². The van der Waals surface area contributed by atoms with Gasteiger partial charge in [0.2, 0.25) is 0 Å². The van der Waals surface area contributed by atoms with Crippen molar-refractivity contribution < 1.29 is 9.84 Å². The fourth-order valence-electron chi connectivity index (χ4n) is 1.38. The van der Waals surface area contributed by atoms with Gasteiger partial charge in [0, 0.05) is 16.6 Å². The summed E-state index contributed by atoms with van der Waals surface area (Å²) in [4.78, 5) is 4.31. The van der Waals surface area contributed by atoms with Crippen molar-refractivity contribution in [1.29, 1.82) is 0 Å². The van der Waals surface area contributed by atoms with Crippen LogP contribution in [0.2, 0.25) is 0 Å². The predicted octanol–water partition coefficient (Wildman–Crippen LogP) is 2.52. The van der Waals surface area contributed by atoms with E-state index in [0.29, 0.717) is 6.61 Å². The topological polar surface area (TPSA) is 42.4 Å². The Labute approximate surface area is 98.4 Å². The summed E-state index contributed by atoms with van der Waals surface area (Å²) in [6.07, 6.45) is 0. The Bertz CT molecular complexity index is 468. The molecule has 0 aliphatic rings. The third-order valence-electron chi connectivity index (χ3n) is 2.16. The van der Waals surface area contributed by atoms with E-state index in [1.165, 1.54) is 0 Å². The van der Waals surface area contributed by atoms with E-state index in [-0.39, 0.29) is 6.61 Å². The fourth-order valence-corrected chi connectivity index (χ4v) is 2.07. The highest BCUT2D eigenvalue weighted by molar-refractivity contribution is 7.09. The van der Waals surface area contributed by atoms with Crippen molar-refractivity contribution in [2.75, 3.05) is 0 Å². The molecule has 0 aliphatic carbocycles. The van der Waals surface area contributed by atoms with Gasteiger partial charge in [-0.15, -0.1) is 11.3 Å². The molecule has 16 heavy (non-hydrogen) atoms. The largest absolute Gasteiger partial charge is 0.486 e. The van der Waals surface area contributed by atoms with E-state index in [1.54, 1.807) is 11.3 Å². The minimum atomic E-state index is -0.00687. The summed E-state index contributed by atoms with van der Waals surface area (Å²) in [5, 5.41) is 12.1. The third kappa shape index (κ3) is 2.59. The van der Waals surface area contributed by atoms with Crippen LogP contribution in [0.1, 0.15) is 16.3 Å². The average molecular weight is 235 g/mol. The molecule has 1 aromatic heterocycles. The molecule has 0 atom stereocenters. The Morgan fingerprint density at radius 3 is 2.88 bits per heavy atom. The molecule has 1 N–H and O–H groups in total. The van der Waals surface area contributed by atoms with Crippen molar-refractivity contribution in [3.63, 3.8) is 0 Å². The minimum Gasteiger partial charge on any atom is -0.486 e. The highest BCUT2D eigenvalue weighted by Gasteiger charge is 2.03. The first-order chi connectivity index (χ1) is 7.79. The summed E-state index contributed by atoms with van der Waals surface area (Å²) in [6, 6.07) is 7.47. The number of para-hydroxylation sites is 1. The third-order valence-corrected chi connectivity index (χ3v) is 3.10. The van der Waals surface area contributed by atoms with Crippen molar-refractivity contribution >= 4 is 11.3 Å². The molecule has 0 radical (unpaired) electrons. The normalized spacial score (nSPS) is 10.4. The molecule has 3 nitrogen and oxygen atoms in total. The van der Waals surface area contributed by atoms with Crippen LogP contribution in [0.4, 0.5) is 0 Å². The molecule has 0 spiro atoms. The lowest BCUT2D eigenvalue weighted by molar-refractivity contribution is 0.259. The molecule has 0 saturated heterocycles. The molecule has 0 bridgehead atoms. The molecule has 1 aromatic carbocycles. The van der Waals surface area contributed by atoms with Crippen molar-refractivity contribution in [3.05, 3.63) is 45.9 Å². The molecule has 84 valence electrons. The SMILES string of the molecule is Cc1csc(COc2ccccc2CO)n1. The monoisotopic (exact) mass is 235 g/mol. The number of aryl methyl sites for hydroxylation is 1. The zero-order valence-corrected chi connectivity index (χ0v) is 9.83. The van der Waals surface area contributed by atoms with Crippen LogP contribution in [0.15, 0.2) is 29.6 Å². The summed E-state index contributed by atoms with van der Waals surface area (Å²) in [5.41, 5.74) is 1.81. The number of thiazole rings is 1. The highest BCUT2D eigenvalue weighted by Crippen LogP contribution is 2.20. The quantitative estimate of drug-likeness (QED) is 0.885. The van der Waals surface area contributed by atoms with Crippen LogP contribution in [-0.4, -0.2) is 10.1 Å². The average Bonchev–Trinajstić information content (AvgIpc) is 2.73. The second kappa shape index (κ2) is 5.09. The molecule has 0 amide bonds. The van der Waals surface area contributed by atoms with Crippen LogP contribution >= 0.6 is 11.3 Å². The first kappa shape index (κ1) is 11.1. The molecule has 0 fully saturated rings. The van der Waals surface area contributed by atoms with Crippen LogP contribution in [0.3, 0.4) is 0 Å². The maximum Gasteiger partial charge on any atom is 0.140 e. The second-order valence-electron chi connectivity index (χ2n) is 3.44. The van der Waals surface area contributed by atoms with Crippen molar-refractivity contribution in [2.45, 2.75) is 20.1 Å². The molecular weight excluding hydrogens is 222 g/mol. The van der Waals surface area contributed by atoms with Gasteiger partial charge in [-0.25, -0.2) is 4.98 Å². The first-order valence-electron chi connectivity index (χ1n) is 5.02. The number of hydrogen-bond acceptors (Lipinski definition) is 4. The van der Waals surface area contributed by atoms with Gasteiger partial charge in [0.15, 0.2) is 0 Å². The molecule has 2 aromatic rings. The van der Waals surface area contributed by atoms with Crippen LogP contribution in [0, 0.1) is 6.92 Å². The fraction of sp³-hybridized carbons (Fsp3) is 0.250. The Hall–Kier alpha value is -1.39. The van der Waals surface area contributed by atoms with Crippen molar-refractivity contribution in [2.24, 2.45) is 0 Å². The number of nitrogens with zero attached hydrogens (tertiary/aromatic N) is 1. The van der Waals surface area contributed by atoms with E-state index < -0.39 is 0 Å². The summed E-state index contributed by atoms with van der Waals surface area (Å²) < 4.78 is 5.62. The Morgan fingerprint density at radius 2 is 2.19 bits per heavy atom. The zero-order chi connectivity index (χ0) is 11.4. The van der Waals surface area contributed by atoms with Crippen LogP contribution in [0.25, 0.3) is 0 Å². The molecule has 4 heteroatoms. The van der Waals surface area contributed by atoms with Gasteiger partial charge >= 0.3 is 0 Å². The first-order valence-corrected chi connectivity index (χ1v) is 5.90. The summed E-state index contributed by atoms with van der Waals surface area (Å²) in [7, 11) is 0. The number of rotatable bonds is 4. The zero-order valence-electron chi connectivity index (χ0n) is 9.01. The molecule has 0 unspecified atom stereocenters. The lowest BCUT2D eigenvalue weighted by Gasteiger charge is -2.07. The number of aliphatic hydroxyl groups is 1. The van der Waals surface area contributed by atoms with Gasteiger partial charge in [0.05, 0.1) is 6.61 Å². The van der Waals surface area contributed by atoms with Crippen LogP contribution in [-0.2, 0) is 13.2 Å². The van der Waals surface area contributed by atoms with E-state index in [1.807, 2.05) is 36.6 Å². The van der Waals surface area contributed by atoms with Gasteiger partial charge in [-0.05, 0) is 13.0 Å². The molecule has 0 aliphatic heterocycles. The van der Waals surface area contributed by atoms with Gasteiger partial charge in [0.25, 0.3) is 0 Å². The van der Waals surface area contributed by atoms with Crippen molar-refractivity contribution in [3.8, 4) is 5.75 Å². The smallest absolute Gasteiger partial charge is 0.140 e. The number of hydrogen-bond donors (Lipinski definition) is 1. The molecule has 0 saturated carbocycles. The summed E-state index contributed by atoms with van der Waals surface area (Å²) in [5.74, 6) is 0.720. The van der Waals surface area contributed by atoms with Gasteiger partial charge in [-0.2, -0.15) is 0 Å². The maximum atomic E-state index is 9.13. The van der Waals surface area contributed by atoms with Crippen LogP contribution in [0.5, 0.6) is 5.75 Å². The molecule has 2 rings (SSSR count). The number of benzene rings is 1. The van der Waals surface area contributed by atoms with E-state index >= 15 is 0 Å². The number of aromatic nitrogens is 1. The summed E-state index contributed by atoms with van der Waals surface area (Å²) >= 11 is 1.58. The van der Waals surface area contributed by atoms with Gasteiger partial charge in [-0.3, -0.25) is 0 Å². The van der Waals surface area contributed by atoms with E-state index in [4.69, 9.17) is 9.84 Å². The van der Waals surface area contributed by atoms with Gasteiger partial charge in [-0.1, -0.05) is 18.2 Å². The molecule has 1 heterocycles. The minimum absolute atomic E-state index is 0.00687. The number of ether oxygens (including phenoxy) is 1. The Balaban J connectivity index is 2.04. The van der Waals surface area contributed by atoms with E-state index in [9.17, 15) is 0 Å². The summed E-state index contributed by atoms with van der Waals surface area (Å²) in [6.45, 7) is 2.41. The number of aliphatic hydroxyl groups excluding tert-OH is 1. The lowest BCUT2D eigenvalue weighted by atomic mass is 10.2. The second-order valence-corrected chi connectivity index (χ2v) is 4.38. The molecular formula is C12H13NO2S. The van der Waals surface area contributed by atoms with Crippen molar-refractivity contribution in [1.82, 2.24) is 4.98 Å². The standard InChI is InChI=1S/C12H13NO2S/c1-9-8-16-12(13-9)7-15-11-5-3-2-4-10(11)6-14/h2-5,8,14H,6-7H2,1H3. The van der Waals surface area contributed by atoms with Gasteiger partial charge in [0.1, 0.15) is 17.4 Å². The highest BCUT2D eigenvalue weighted by atomic mass is 32.1. The maximum absolute atomic E-state index is 9.13. The van der Waals surface area contributed by atoms with E-state index in [2.05, 4.69) is 4.98 Å². The Morgan fingerprint density at radius 1 is 1.38 bits per heavy atom. The Kier molecular flexibility index (Phi) is 3.54.